The van der Waals surface area contributed by atoms with Gasteiger partial charge in [-0.1, -0.05) is 11.8 Å². The second-order valence-corrected chi connectivity index (χ2v) is 8.94. The van der Waals surface area contributed by atoms with Crippen LogP contribution in [0.4, 0.5) is 0 Å². The molecule has 1 aliphatic carbocycles. The molecule has 1 amide bonds. The van der Waals surface area contributed by atoms with E-state index in [1.54, 1.807) is 30.1 Å². The zero-order valence-corrected chi connectivity index (χ0v) is 17.1. The topological polar surface area (TPSA) is 73.2 Å². The summed E-state index contributed by atoms with van der Waals surface area (Å²) < 4.78 is 6.57. The molecule has 1 N–H and O–H groups in total. The van der Waals surface area contributed by atoms with E-state index in [1.807, 2.05) is 6.92 Å². The lowest BCUT2D eigenvalue weighted by Crippen LogP contribution is -2.32. The number of hydrogen-bond acceptors (Lipinski definition) is 6. The highest BCUT2D eigenvalue weighted by atomic mass is 32.2. The normalized spacial score (nSPS) is 15.0. The van der Waals surface area contributed by atoms with Crippen LogP contribution in [-0.2, 0) is 29.4 Å². The van der Waals surface area contributed by atoms with Gasteiger partial charge in [0.1, 0.15) is 4.83 Å². The number of fused-ring (bicyclic) bond motifs is 3. The molecule has 0 radical (unpaired) electrons. The van der Waals surface area contributed by atoms with Crippen LogP contribution >= 0.6 is 23.1 Å². The fourth-order valence-electron chi connectivity index (χ4n) is 3.16. The number of nitrogens with zero attached hydrogens (tertiary/aromatic N) is 2. The lowest BCUT2D eigenvalue weighted by Gasteiger charge is -2.14. The number of thioether (sulfide) groups is 1. The molecule has 2 heterocycles. The van der Waals surface area contributed by atoms with E-state index < -0.39 is 0 Å². The number of rotatable bonds is 7. The van der Waals surface area contributed by atoms with E-state index in [0.29, 0.717) is 18.3 Å². The molecule has 2 aromatic heterocycles. The molecule has 0 spiro atoms. The summed E-state index contributed by atoms with van der Waals surface area (Å²) in [6.45, 7) is 3.05. The van der Waals surface area contributed by atoms with E-state index in [0.717, 1.165) is 35.9 Å². The van der Waals surface area contributed by atoms with E-state index in [1.165, 1.54) is 28.6 Å². The van der Waals surface area contributed by atoms with Crippen LogP contribution < -0.4 is 10.9 Å². The number of hydrogen-bond donors (Lipinski definition) is 1. The lowest BCUT2D eigenvalue weighted by atomic mass is 9.97. The summed E-state index contributed by atoms with van der Waals surface area (Å²) in [5, 5.41) is 3.96. The Morgan fingerprint density at radius 3 is 2.96 bits per heavy atom. The van der Waals surface area contributed by atoms with Gasteiger partial charge >= 0.3 is 0 Å². The largest absolute Gasteiger partial charge is 0.385 e. The number of aromatic nitrogens is 2. The van der Waals surface area contributed by atoms with Crippen molar-refractivity contribution in [2.24, 2.45) is 7.05 Å². The lowest BCUT2D eigenvalue weighted by molar-refractivity contribution is -0.120. The summed E-state index contributed by atoms with van der Waals surface area (Å²) >= 11 is 2.97. The summed E-state index contributed by atoms with van der Waals surface area (Å²) in [6.07, 6.45) is 5.12. The Labute approximate surface area is 161 Å². The molecule has 0 saturated carbocycles. The van der Waals surface area contributed by atoms with Crippen molar-refractivity contribution in [3.63, 3.8) is 0 Å². The molecule has 8 heteroatoms. The zero-order valence-electron chi connectivity index (χ0n) is 15.5. The van der Waals surface area contributed by atoms with Crippen molar-refractivity contribution in [2.45, 2.75) is 49.4 Å². The average molecular weight is 396 g/mol. The molecule has 3 rings (SSSR count). The number of carbonyl (C=O) groups is 1. The molecule has 0 bridgehead atoms. The molecular formula is C18H25N3O3S2. The molecule has 142 valence electrons. The second-order valence-electron chi connectivity index (χ2n) is 6.55. The van der Waals surface area contributed by atoms with Crippen LogP contribution in [0.5, 0.6) is 0 Å². The molecule has 2 aromatic rings. The van der Waals surface area contributed by atoms with E-state index >= 15 is 0 Å². The van der Waals surface area contributed by atoms with Gasteiger partial charge in [0.2, 0.25) is 5.91 Å². The number of ether oxygens (including phenoxy) is 1. The van der Waals surface area contributed by atoms with Crippen LogP contribution in [0.25, 0.3) is 10.2 Å². The predicted octanol–water partition coefficient (Wildman–Crippen LogP) is 2.51. The summed E-state index contributed by atoms with van der Waals surface area (Å²) in [7, 11) is 3.39. The quantitative estimate of drug-likeness (QED) is 0.443. The molecule has 6 nitrogen and oxygen atoms in total. The van der Waals surface area contributed by atoms with Gasteiger partial charge in [-0.2, -0.15) is 0 Å². The molecule has 26 heavy (non-hydrogen) atoms. The van der Waals surface area contributed by atoms with Crippen LogP contribution in [0.2, 0.25) is 0 Å². The Hall–Kier alpha value is -1.38. The monoisotopic (exact) mass is 395 g/mol. The van der Waals surface area contributed by atoms with Crippen LogP contribution in [0.1, 0.15) is 36.6 Å². The van der Waals surface area contributed by atoms with Gasteiger partial charge in [0.15, 0.2) is 5.16 Å². The first-order valence-corrected chi connectivity index (χ1v) is 10.7. The minimum absolute atomic E-state index is 0.00426. The average Bonchev–Trinajstić information content (AvgIpc) is 3.01. The Kier molecular flexibility index (Phi) is 6.37. The third-order valence-electron chi connectivity index (χ3n) is 4.63. The van der Waals surface area contributed by atoms with Gasteiger partial charge in [-0.3, -0.25) is 14.2 Å². The highest BCUT2D eigenvalue weighted by molar-refractivity contribution is 8.00. The highest BCUT2D eigenvalue weighted by Gasteiger charge is 2.23. The standard InChI is InChI=1S/C18H25N3O3S2/c1-11(15(22)19-9-6-10-24-3)25-18-20-16-14(17(23)21(18)2)12-7-4-5-8-13(12)26-16/h11H,4-10H2,1-3H3,(H,19,22). The van der Waals surface area contributed by atoms with Gasteiger partial charge in [-0.15, -0.1) is 11.3 Å². The van der Waals surface area contributed by atoms with Gasteiger partial charge in [-0.05, 0) is 44.6 Å². The maximum atomic E-state index is 12.9. The molecular weight excluding hydrogens is 370 g/mol. The first-order chi connectivity index (χ1) is 12.5. The third-order valence-corrected chi connectivity index (χ3v) is 6.96. The van der Waals surface area contributed by atoms with Gasteiger partial charge in [0, 0.05) is 32.2 Å². The van der Waals surface area contributed by atoms with Gasteiger partial charge in [0.25, 0.3) is 5.56 Å². The SMILES string of the molecule is COCCCNC(=O)C(C)Sc1nc2sc3c(c2c(=O)n1C)CCCC3. The van der Waals surface area contributed by atoms with Gasteiger partial charge < -0.3 is 10.1 Å². The third kappa shape index (κ3) is 3.97. The molecule has 0 saturated heterocycles. The maximum absolute atomic E-state index is 12.9. The fraction of sp³-hybridized carbons (Fsp3) is 0.611. The molecule has 0 aromatic carbocycles. The molecule has 1 unspecified atom stereocenters. The maximum Gasteiger partial charge on any atom is 0.262 e. The Balaban J connectivity index is 1.79. The first-order valence-electron chi connectivity index (χ1n) is 8.97. The number of carbonyl (C=O) groups excluding carboxylic acids is 1. The summed E-state index contributed by atoms with van der Waals surface area (Å²) in [4.78, 5) is 32.0. The van der Waals surface area contributed by atoms with Crippen LogP contribution in [0.3, 0.4) is 0 Å². The Morgan fingerprint density at radius 2 is 2.19 bits per heavy atom. The van der Waals surface area contributed by atoms with E-state index in [9.17, 15) is 9.59 Å². The van der Waals surface area contributed by atoms with Gasteiger partial charge in [-0.25, -0.2) is 4.98 Å². The van der Waals surface area contributed by atoms with E-state index in [-0.39, 0.29) is 16.7 Å². The number of methoxy groups -OCH3 is 1. The molecule has 1 atom stereocenters. The minimum atomic E-state index is -0.317. The van der Waals surface area contributed by atoms with Crippen molar-refractivity contribution in [1.29, 1.82) is 0 Å². The van der Waals surface area contributed by atoms with Crippen molar-refractivity contribution in [1.82, 2.24) is 14.9 Å². The number of aryl methyl sites for hydroxylation is 2. The van der Waals surface area contributed by atoms with Crippen LogP contribution in [-0.4, -0.2) is 41.0 Å². The molecule has 1 aliphatic rings. The smallest absolute Gasteiger partial charge is 0.262 e. The molecule has 0 aliphatic heterocycles. The van der Waals surface area contributed by atoms with Crippen molar-refractivity contribution >= 4 is 39.2 Å². The number of thiophene rings is 1. The van der Waals surface area contributed by atoms with Crippen molar-refractivity contribution in [3.8, 4) is 0 Å². The second kappa shape index (κ2) is 8.54. The van der Waals surface area contributed by atoms with Gasteiger partial charge in [0.05, 0.1) is 10.6 Å². The van der Waals surface area contributed by atoms with E-state index in [4.69, 9.17) is 9.72 Å². The Morgan fingerprint density at radius 1 is 1.42 bits per heavy atom. The van der Waals surface area contributed by atoms with Crippen molar-refractivity contribution in [2.75, 3.05) is 20.3 Å². The predicted molar refractivity (Wildman–Crippen MR) is 106 cm³/mol. The van der Waals surface area contributed by atoms with Crippen molar-refractivity contribution in [3.05, 3.63) is 20.8 Å². The van der Waals surface area contributed by atoms with E-state index in [2.05, 4.69) is 5.32 Å². The summed E-state index contributed by atoms with van der Waals surface area (Å²) in [5.41, 5.74) is 1.20. The fourth-order valence-corrected chi connectivity index (χ4v) is 5.36. The highest BCUT2D eigenvalue weighted by Crippen LogP contribution is 2.34. The van der Waals surface area contributed by atoms with Crippen LogP contribution in [0.15, 0.2) is 9.95 Å². The first kappa shape index (κ1) is 19.4. The minimum Gasteiger partial charge on any atom is -0.385 e. The Bertz CT molecular complexity index is 859. The summed E-state index contributed by atoms with van der Waals surface area (Å²) in [5.74, 6) is -0.0501. The number of nitrogens with one attached hydrogen (secondary N) is 1. The summed E-state index contributed by atoms with van der Waals surface area (Å²) in [6, 6.07) is 0. The molecule has 0 fully saturated rings. The zero-order chi connectivity index (χ0) is 18.7. The number of amides is 1. The van der Waals surface area contributed by atoms with Crippen molar-refractivity contribution < 1.29 is 9.53 Å². The van der Waals surface area contributed by atoms with Crippen LogP contribution in [0, 0.1) is 0 Å².